The van der Waals surface area contributed by atoms with Crippen molar-refractivity contribution in [3.8, 4) is 0 Å². The number of hydrogen-bond acceptors (Lipinski definition) is 4. The van der Waals surface area contributed by atoms with Crippen LogP contribution in [0, 0.1) is 13.8 Å². The van der Waals surface area contributed by atoms with Crippen molar-refractivity contribution in [1.29, 1.82) is 0 Å². The zero-order valence-electron chi connectivity index (χ0n) is 21.8. The Balaban J connectivity index is 1.98. The molecule has 0 aliphatic heterocycles. The molecule has 1 aliphatic rings. The Morgan fingerprint density at radius 2 is 1.76 bits per heavy atom. The predicted octanol–water partition coefficient (Wildman–Crippen LogP) is 5.24. The highest BCUT2D eigenvalue weighted by molar-refractivity contribution is 7.92. The van der Waals surface area contributed by atoms with E-state index in [1.165, 1.54) is 4.90 Å². The van der Waals surface area contributed by atoms with Gasteiger partial charge in [0, 0.05) is 22.6 Å². The van der Waals surface area contributed by atoms with Crippen molar-refractivity contribution in [3.05, 3.63) is 63.1 Å². The first-order valence-electron chi connectivity index (χ1n) is 12.5. The van der Waals surface area contributed by atoms with Crippen molar-refractivity contribution in [1.82, 2.24) is 10.2 Å². The van der Waals surface area contributed by atoms with Crippen LogP contribution < -0.4 is 9.62 Å². The molecule has 0 aromatic heterocycles. The highest BCUT2D eigenvalue weighted by Crippen LogP contribution is 2.27. The Kier molecular flexibility index (Phi) is 9.89. The largest absolute Gasteiger partial charge is 0.352 e. The number of nitrogens with zero attached hydrogens (tertiary/aromatic N) is 2. The van der Waals surface area contributed by atoms with Crippen LogP contribution in [-0.2, 0) is 26.2 Å². The number of halogens is 2. The molecule has 0 bridgehead atoms. The quantitative estimate of drug-likeness (QED) is 0.425. The molecule has 0 saturated heterocycles. The van der Waals surface area contributed by atoms with Gasteiger partial charge in [-0.15, -0.1) is 0 Å². The van der Waals surface area contributed by atoms with Crippen molar-refractivity contribution < 1.29 is 18.0 Å². The second-order valence-electron chi connectivity index (χ2n) is 9.73. The van der Waals surface area contributed by atoms with Gasteiger partial charge in [-0.25, -0.2) is 8.42 Å². The Labute approximate surface area is 230 Å². The molecule has 3 rings (SSSR count). The van der Waals surface area contributed by atoms with Crippen LogP contribution in [0.25, 0.3) is 0 Å². The monoisotopic (exact) mass is 567 g/mol. The van der Waals surface area contributed by atoms with Crippen molar-refractivity contribution in [2.75, 3.05) is 17.1 Å². The summed E-state index contributed by atoms with van der Waals surface area (Å²) in [7, 11) is -3.80. The summed E-state index contributed by atoms with van der Waals surface area (Å²) in [5, 5.41) is 3.91. The lowest BCUT2D eigenvalue weighted by Crippen LogP contribution is -2.53. The number of hydrogen-bond donors (Lipinski definition) is 1. The van der Waals surface area contributed by atoms with E-state index in [9.17, 15) is 18.0 Å². The maximum absolute atomic E-state index is 13.9. The third-order valence-corrected chi connectivity index (χ3v) is 8.47. The second kappa shape index (κ2) is 12.5. The molecule has 10 heteroatoms. The van der Waals surface area contributed by atoms with Crippen LogP contribution in [0.1, 0.15) is 55.7 Å². The number of rotatable bonds is 10. The van der Waals surface area contributed by atoms with E-state index in [1.807, 2.05) is 26.0 Å². The minimum Gasteiger partial charge on any atom is -0.352 e. The molecule has 1 aliphatic carbocycles. The van der Waals surface area contributed by atoms with Gasteiger partial charge < -0.3 is 10.2 Å². The molecule has 1 atom stereocenters. The molecule has 2 aromatic carbocycles. The van der Waals surface area contributed by atoms with E-state index in [2.05, 4.69) is 5.32 Å². The highest BCUT2D eigenvalue weighted by atomic mass is 35.5. The van der Waals surface area contributed by atoms with Crippen molar-refractivity contribution in [2.24, 2.45) is 0 Å². The summed E-state index contributed by atoms with van der Waals surface area (Å²) < 4.78 is 26.8. The SMILES string of the molecule is CCC(C(=O)NC1CCCC1)N(Cc1ccc(Cl)cc1Cl)C(=O)CN(c1cc(C)ccc1C)S(C)(=O)=O. The fraction of sp³-hybridized carbons (Fsp3) is 0.481. The van der Waals surface area contributed by atoms with Crippen LogP contribution in [-0.4, -0.2) is 50.0 Å². The number of sulfonamides is 1. The van der Waals surface area contributed by atoms with Gasteiger partial charge in [0.1, 0.15) is 12.6 Å². The molecule has 0 radical (unpaired) electrons. The number of amides is 2. The molecule has 37 heavy (non-hydrogen) atoms. The third kappa shape index (κ3) is 7.62. The predicted molar refractivity (Wildman–Crippen MR) is 150 cm³/mol. The first-order chi connectivity index (χ1) is 17.4. The van der Waals surface area contributed by atoms with Crippen molar-refractivity contribution in [2.45, 2.75) is 71.5 Å². The second-order valence-corrected chi connectivity index (χ2v) is 12.5. The van der Waals surface area contributed by atoms with Gasteiger partial charge in [0.15, 0.2) is 0 Å². The van der Waals surface area contributed by atoms with Gasteiger partial charge in [-0.3, -0.25) is 13.9 Å². The standard InChI is InChI=1S/C27H35Cl2N3O4S/c1-5-24(27(34)30-22-8-6-7-9-22)31(16-20-12-13-21(28)15-23(20)29)26(33)17-32(37(4,35)36)25-14-18(2)10-11-19(25)3/h10-15,22,24H,5-9,16-17H2,1-4H3,(H,30,34). The lowest BCUT2D eigenvalue weighted by atomic mass is 10.1. The maximum atomic E-state index is 13.9. The third-order valence-electron chi connectivity index (χ3n) is 6.76. The molecule has 2 amide bonds. The van der Waals surface area contributed by atoms with Crippen LogP contribution in [0.5, 0.6) is 0 Å². The molecule has 1 N–H and O–H groups in total. The fourth-order valence-corrected chi connectivity index (χ4v) is 6.07. The first-order valence-corrected chi connectivity index (χ1v) is 15.1. The van der Waals surface area contributed by atoms with E-state index in [-0.39, 0.29) is 18.5 Å². The number of carbonyl (C=O) groups excluding carboxylic acids is 2. The van der Waals surface area contributed by atoms with Gasteiger partial charge >= 0.3 is 0 Å². The van der Waals surface area contributed by atoms with Gasteiger partial charge in [-0.2, -0.15) is 0 Å². The molecule has 0 spiro atoms. The summed E-state index contributed by atoms with van der Waals surface area (Å²) in [5.41, 5.74) is 2.64. The molecular formula is C27H35Cl2N3O4S. The molecule has 1 unspecified atom stereocenters. The molecule has 7 nitrogen and oxygen atoms in total. The number of carbonyl (C=O) groups is 2. The van der Waals surface area contributed by atoms with Gasteiger partial charge in [0.25, 0.3) is 0 Å². The summed E-state index contributed by atoms with van der Waals surface area (Å²) in [6.45, 7) is 5.09. The average molecular weight is 569 g/mol. The van der Waals surface area contributed by atoms with E-state index >= 15 is 0 Å². The van der Waals surface area contributed by atoms with Crippen molar-refractivity contribution in [3.63, 3.8) is 0 Å². The van der Waals surface area contributed by atoms with Gasteiger partial charge in [0.05, 0.1) is 11.9 Å². The van der Waals surface area contributed by atoms with Gasteiger partial charge in [-0.05, 0) is 68.0 Å². The molecule has 1 fully saturated rings. The fourth-order valence-electron chi connectivity index (χ4n) is 4.70. The Morgan fingerprint density at radius 1 is 1.08 bits per heavy atom. The van der Waals surface area contributed by atoms with E-state index in [1.54, 1.807) is 31.2 Å². The van der Waals surface area contributed by atoms with E-state index < -0.39 is 28.5 Å². The summed E-state index contributed by atoms with van der Waals surface area (Å²) in [6.07, 6.45) is 5.37. The Hall–Kier alpha value is -2.29. The summed E-state index contributed by atoms with van der Waals surface area (Å²) in [4.78, 5) is 28.7. The topological polar surface area (TPSA) is 86.8 Å². The smallest absolute Gasteiger partial charge is 0.244 e. The maximum Gasteiger partial charge on any atom is 0.244 e. The molecule has 1 saturated carbocycles. The van der Waals surface area contributed by atoms with Crippen LogP contribution in [0.2, 0.25) is 10.0 Å². The van der Waals surface area contributed by atoms with Crippen LogP contribution in [0.4, 0.5) is 5.69 Å². The number of benzene rings is 2. The van der Waals surface area contributed by atoms with Gasteiger partial charge in [0.2, 0.25) is 21.8 Å². The normalized spacial score (nSPS) is 14.9. The first kappa shape index (κ1) is 29.3. The summed E-state index contributed by atoms with van der Waals surface area (Å²) in [6, 6.07) is 9.71. The zero-order chi connectivity index (χ0) is 27.3. The molecule has 2 aromatic rings. The van der Waals surface area contributed by atoms with E-state index in [0.717, 1.165) is 47.4 Å². The molecular weight excluding hydrogens is 533 g/mol. The Bertz CT molecular complexity index is 1250. The summed E-state index contributed by atoms with van der Waals surface area (Å²) >= 11 is 12.5. The minimum absolute atomic E-state index is 0.0375. The van der Waals surface area contributed by atoms with Crippen LogP contribution >= 0.6 is 23.2 Å². The van der Waals surface area contributed by atoms with E-state index in [4.69, 9.17) is 23.2 Å². The van der Waals surface area contributed by atoms with E-state index in [0.29, 0.717) is 27.7 Å². The van der Waals surface area contributed by atoms with Crippen LogP contribution in [0.3, 0.4) is 0 Å². The lowest BCUT2D eigenvalue weighted by molar-refractivity contribution is -0.140. The average Bonchev–Trinajstić information content (AvgIpc) is 3.32. The lowest BCUT2D eigenvalue weighted by Gasteiger charge is -2.34. The summed E-state index contributed by atoms with van der Waals surface area (Å²) in [5.74, 6) is -0.740. The number of nitrogens with one attached hydrogen (secondary N) is 1. The van der Waals surface area contributed by atoms with Crippen molar-refractivity contribution >= 4 is 50.7 Å². The highest BCUT2D eigenvalue weighted by Gasteiger charge is 2.33. The minimum atomic E-state index is -3.80. The molecule has 0 heterocycles. The Morgan fingerprint density at radius 3 is 2.35 bits per heavy atom. The van der Waals surface area contributed by atoms with Gasteiger partial charge in [-0.1, -0.05) is 61.2 Å². The zero-order valence-corrected chi connectivity index (χ0v) is 24.1. The molecule has 202 valence electrons. The number of anilines is 1. The number of aryl methyl sites for hydroxylation is 2. The van der Waals surface area contributed by atoms with Crippen LogP contribution in [0.15, 0.2) is 36.4 Å².